The molecule has 154 valence electrons. The molecule has 4 rings (SSSR count). The number of halogens is 6. The van der Waals surface area contributed by atoms with Gasteiger partial charge in [0.25, 0.3) is 0 Å². The summed E-state index contributed by atoms with van der Waals surface area (Å²) in [5.41, 5.74) is -1.29. The molecule has 0 fully saturated rings. The molecular weight excluding hydrogens is 410 g/mol. The van der Waals surface area contributed by atoms with Gasteiger partial charge in [-0.05, 0) is 36.8 Å². The first kappa shape index (κ1) is 19.9. The number of pyridine rings is 1. The van der Waals surface area contributed by atoms with Crippen LogP contribution in [0.15, 0.2) is 55.0 Å². The van der Waals surface area contributed by atoms with Crippen LogP contribution >= 0.6 is 0 Å². The van der Waals surface area contributed by atoms with Crippen LogP contribution in [0, 0.1) is 6.92 Å². The first-order valence-corrected chi connectivity index (χ1v) is 8.60. The lowest BCUT2D eigenvalue weighted by molar-refractivity contribution is -0.142. The van der Waals surface area contributed by atoms with Crippen LogP contribution in [0.3, 0.4) is 0 Å². The molecule has 0 spiro atoms. The maximum absolute atomic E-state index is 13.7. The molecule has 0 aliphatic heterocycles. The lowest BCUT2D eigenvalue weighted by Crippen LogP contribution is -2.14. The number of aryl methyl sites for hydroxylation is 1. The number of benzene rings is 1. The minimum atomic E-state index is -4.75. The molecule has 10 heteroatoms. The van der Waals surface area contributed by atoms with E-state index in [1.54, 1.807) is 12.1 Å². The number of rotatable bonds is 2. The maximum atomic E-state index is 13.7. The molecule has 0 amide bonds. The van der Waals surface area contributed by atoms with E-state index in [1.807, 2.05) is 0 Å². The number of aromatic nitrogens is 4. The highest BCUT2D eigenvalue weighted by molar-refractivity contribution is 5.78. The highest BCUT2D eigenvalue weighted by atomic mass is 19.4. The summed E-state index contributed by atoms with van der Waals surface area (Å²) in [6.45, 7) is 1.25. The molecule has 0 N–H and O–H groups in total. The van der Waals surface area contributed by atoms with Crippen molar-refractivity contribution in [2.24, 2.45) is 0 Å². The van der Waals surface area contributed by atoms with Crippen LogP contribution in [0.5, 0.6) is 0 Å². The van der Waals surface area contributed by atoms with Gasteiger partial charge < -0.3 is 0 Å². The predicted octanol–water partition coefficient (Wildman–Crippen LogP) is 5.80. The van der Waals surface area contributed by atoms with Gasteiger partial charge >= 0.3 is 12.4 Å². The first-order chi connectivity index (χ1) is 14.1. The Hall–Kier alpha value is -3.43. The Morgan fingerprint density at radius 3 is 2.23 bits per heavy atom. The Kier molecular flexibility index (Phi) is 4.52. The predicted molar refractivity (Wildman–Crippen MR) is 96.4 cm³/mol. The van der Waals surface area contributed by atoms with E-state index in [1.165, 1.54) is 31.6 Å². The summed E-state index contributed by atoms with van der Waals surface area (Å²) in [4.78, 5) is 8.23. The van der Waals surface area contributed by atoms with E-state index >= 15 is 0 Å². The van der Waals surface area contributed by atoms with Crippen molar-refractivity contribution in [2.75, 3.05) is 0 Å². The Balaban J connectivity index is 1.96. The molecular formula is C20H12F6N4. The molecule has 4 aromatic rings. The summed E-state index contributed by atoms with van der Waals surface area (Å²) in [6, 6.07) is 7.15. The van der Waals surface area contributed by atoms with Crippen molar-refractivity contribution in [2.45, 2.75) is 19.3 Å². The molecule has 0 unspecified atom stereocenters. The lowest BCUT2D eigenvalue weighted by atomic mass is 10.0. The first-order valence-electron chi connectivity index (χ1n) is 8.60. The summed E-state index contributed by atoms with van der Waals surface area (Å²) in [7, 11) is 0. The number of fused-ring (bicyclic) bond motifs is 1. The Morgan fingerprint density at radius 1 is 0.867 bits per heavy atom. The fourth-order valence-electron chi connectivity index (χ4n) is 3.18. The third-order valence-electron chi connectivity index (χ3n) is 4.56. The Morgan fingerprint density at radius 2 is 1.63 bits per heavy atom. The van der Waals surface area contributed by atoms with Gasteiger partial charge in [0.1, 0.15) is 0 Å². The van der Waals surface area contributed by atoms with E-state index in [9.17, 15) is 26.3 Å². The molecule has 0 saturated carbocycles. The molecule has 0 saturated heterocycles. The summed E-state index contributed by atoms with van der Waals surface area (Å²) < 4.78 is 80.8. The molecule has 0 radical (unpaired) electrons. The van der Waals surface area contributed by atoms with Gasteiger partial charge in [-0.1, -0.05) is 12.1 Å². The minimum absolute atomic E-state index is 0.0784. The van der Waals surface area contributed by atoms with E-state index in [0.29, 0.717) is 15.6 Å². The van der Waals surface area contributed by atoms with Gasteiger partial charge in [0.15, 0.2) is 11.3 Å². The third kappa shape index (κ3) is 3.49. The second-order valence-corrected chi connectivity index (χ2v) is 6.59. The van der Waals surface area contributed by atoms with E-state index in [-0.39, 0.29) is 22.5 Å². The Bertz CT molecular complexity index is 1230. The number of nitrogens with zero attached hydrogens (tertiary/aromatic N) is 4. The van der Waals surface area contributed by atoms with Gasteiger partial charge in [0.05, 0.1) is 17.5 Å². The molecule has 0 atom stereocenters. The van der Waals surface area contributed by atoms with Crippen LogP contribution in [-0.2, 0) is 12.4 Å². The van der Waals surface area contributed by atoms with E-state index in [4.69, 9.17) is 0 Å². The van der Waals surface area contributed by atoms with Crippen LogP contribution in [0.4, 0.5) is 26.3 Å². The van der Waals surface area contributed by atoms with Crippen LogP contribution in [0.2, 0.25) is 0 Å². The lowest BCUT2D eigenvalue weighted by Gasteiger charge is -2.14. The molecule has 4 nitrogen and oxygen atoms in total. The summed E-state index contributed by atoms with van der Waals surface area (Å²) in [5, 5.41) is 3.82. The minimum Gasteiger partial charge on any atom is -0.264 e. The van der Waals surface area contributed by atoms with Crippen molar-refractivity contribution in [1.29, 1.82) is 0 Å². The van der Waals surface area contributed by atoms with Gasteiger partial charge in [-0.15, -0.1) is 0 Å². The van der Waals surface area contributed by atoms with Crippen molar-refractivity contribution in [3.63, 3.8) is 0 Å². The van der Waals surface area contributed by atoms with Gasteiger partial charge in [0.2, 0.25) is 0 Å². The average Bonchev–Trinajstić information content (AvgIpc) is 3.10. The zero-order chi connectivity index (χ0) is 21.7. The van der Waals surface area contributed by atoms with Crippen LogP contribution < -0.4 is 0 Å². The van der Waals surface area contributed by atoms with Crippen LogP contribution in [-0.4, -0.2) is 19.6 Å². The van der Waals surface area contributed by atoms with Crippen molar-refractivity contribution in [3.8, 4) is 22.4 Å². The van der Waals surface area contributed by atoms with Crippen LogP contribution in [0.1, 0.15) is 16.8 Å². The second-order valence-electron chi connectivity index (χ2n) is 6.59. The van der Waals surface area contributed by atoms with Gasteiger partial charge in [0, 0.05) is 29.1 Å². The molecule has 3 heterocycles. The molecule has 3 aromatic heterocycles. The van der Waals surface area contributed by atoms with Crippen molar-refractivity contribution in [1.82, 2.24) is 19.6 Å². The number of hydrogen-bond acceptors (Lipinski definition) is 3. The summed E-state index contributed by atoms with van der Waals surface area (Å²) in [5.74, 6) is 0. The quantitative estimate of drug-likeness (QED) is 0.383. The van der Waals surface area contributed by atoms with Crippen molar-refractivity contribution in [3.05, 3.63) is 71.8 Å². The third-order valence-corrected chi connectivity index (χ3v) is 4.56. The zero-order valence-corrected chi connectivity index (χ0v) is 15.3. The van der Waals surface area contributed by atoms with Crippen molar-refractivity contribution < 1.29 is 26.3 Å². The SMILES string of the molecule is Cc1cc(-c2cc(C(F)(F)F)n3ncc(-c4cccnc4)c3n2)ccc1C(F)(F)F. The van der Waals surface area contributed by atoms with Crippen LogP contribution in [0.25, 0.3) is 28.0 Å². The molecule has 0 aliphatic carbocycles. The average molecular weight is 422 g/mol. The topological polar surface area (TPSA) is 43.1 Å². The summed E-state index contributed by atoms with van der Waals surface area (Å²) >= 11 is 0. The fraction of sp³-hybridized carbons (Fsp3) is 0.150. The standard InChI is InChI=1S/C20H12F6N4/c1-11-7-12(4-5-15(11)19(21,22)23)16-8-17(20(24,25)26)30-18(29-16)14(10-28-30)13-3-2-6-27-9-13/h2-10H,1H3. The van der Waals surface area contributed by atoms with Gasteiger partial charge in [-0.3, -0.25) is 4.98 Å². The fourth-order valence-corrected chi connectivity index (χ4v) is 3.18. The maximum Gasteiger partial charge on any atom is 0.433 e. The van der Waals surface area contributed by atoms with Gasteiger partial charge in [-0.2, -0.15) is 31.4 Å². The smallest absolute Gasteiger partial charge is 0.264 e. The zero-order valence-electron chi connectivity index (χ0n) is 15.3. The molecule has 1 aromatic carbocycles. The van der Waals surface area contributed by atoms with Crippen molar-refractivity contribution >= 4 is 5.65 Å². The number of alkyl halides is 6. The Labute approximate surface area is 165 Å². The van der Waals surface area contributed by atoms with E-state index in [0.717, 1.165) is 18.2 Å². The largest absolute Gasteiger partial charge is 0.433 e. The molecule has 0 aliphatic rings. The summed E-state index contributed by atoms with van der Waals surface area (Å²) in [6.07, 6.45) is -5.09. The van der Waals surface area contributed by atoms with E-state index in [2.05, 4.69) is 15.1 Å². The monoisotopic (exact) mass is 422 g/mol. The highest BCUT2D eigenvalue weighted by Crippen LogP contribution is 2.37. The number of hydrogen-bond donors (Lipinski definition) is 0. The molecule has 0 bridgehead atoms. The second kappa shape index (κ2) is 6.82. The van der Waals surface area contributed by atoms with E-state index < -0.39 is 23.6 Å². The normalized spacial score (nSPS) is 12.5. The van der Waals surface area contributed by atoms with Gasteiger partial charge in [-0.25, -0.2) is 9.50 Å². The molecule has 30 heavy (non-hydrogen) atoms. The highest BCUT2D eigenvalue weighted by Gasteiger charge is 2.36.